The van der Waals surface area contributed by atoms with Gasteiger partial charge in [-0.3, -0.25) is 0 Å². The van der Waals surface area contributed by atoms with Gasteiger partial charge in [0.05, 0.1) is 24.4 Å². The SMILES string of the molecule is CC(C)(C)[Si](O)(O[C@@H]1[C@@H](CO)OC[C@H]1Oc1nc2nc(-c3ccc(Br)cc3)c(C(Cl)OCC[Si](C)(C)C)cc2[nH]1)C(C)(C)C. The number of aliphatic hydroxyl groups is 1. The smallest absolute Gasteiger partial charge is 0.347 e. The first-order valence-electron chi connectivity index (χ1n) is 15.0. The molecule has 1 fully saturated rings. The molecule has 0 radical (unpaired) electrons. The number of aromatic nitrogens is 3. The maximum atomic E-state index is 12.0. The molecule has 0 bridgehead atoms. The van der Waals surface area contributed by atoms with E-state index in [1.807, 2.05) is 71.9 Å². The van der Waals surface area contributed by atoms with Crippen LogP contribution >= 0.6 is 27.5 Å². The van der Waals surface area contributed by atoms with E-state index in [-0.39, 0.29) is 19.2 Å². The number of nitrogens with zero attached hydrogens (tertiary/aromatic N) is 2. The molecule has 4 atom stereocenters. The fraction of sp³-hybridized carbons (Fsp3) is 0.613. The van der Waals surface area contributed by atoms with Crippen molar-refractivity contribution in [1.82, 2.24) is 15.0 Å². The molecule has 0 aliphatic carbocycles. The molecule has 0 amide bonds. The quantitative estimate of drug-likeness (QED) is 0.137. The topological polar surface area (TPSA) is 119 Å². The molecular weight excluding hydrogens is 682 g/mol. The number of imidazole rings is 1. The van der Waals surface area contributed by atoms with Gasteiger partial charge in [-0.15, -0.1) is 0 Å². The van der Waals surface area contributed by atoms with E-state index in [1.54, 1.807) is 0 Å². The minimum Gasteiger partial charge on any atom is -0.456 e. The molecule has 0 spiro atoms. The number of hydrogen-bond acceptors (Lipinski definition) is 8. The first kappa shape index (κ1) is 35.5. The van der Waals surface area contributed by atoms with Gasteiger partial charge in [0.2, 0.25) is 0 Å². The second kappa shape index (κ2) is 13.4. The third-order valence-corrected chi connectivity index (χ3v) is 15.2. The van der Waals surface area contributed by atoms with E-state index >= 15 is 0 Å². The van der Waals surface area contributed by atoms with Gasteiger partial charge in [-0.2, -0.15) is 4.98 Å². The molecule has 3 N–H and O–H groups in total. The monoisotopic (exact) mass is 727 g/mol. The maximum absolute atomic E-state index is 12.0. The van der Waals surface area contributed by atoms with Crippen molar-refractivity contribution in [2.45, 2.75) is 101 Å². The predicted molar refractivity (Wildman–Crippen MR) is 183 cm³/mol. The number of aromatic amines is 1. The number of aliphatic hydroxyl groups excluding tert-OH is 1. The van der Waals surface area contributed by atoms with Gasteiger partial charge in [0.15, 0.2) is 17.3 Å². The summed E-state index contributed by atoms with van der Waals surface area (Å²) < 4.78 is 25.8. The van der Waals surface area contributed by atoms with Crippen LogP contribution in [0.3, 0.4) is 0 Å². The molecule has 244 valence electrons. The van der Waals surface area contributed by atoms with Crippen LogP contribution in [0.25, 0.3) is 22.4 Å². The van der Waals surface area contributed by atoms with Crippen molar-refractivity contribution in [3.63, 3.8) is 0 Å². The number of pyridine rings is 1. The van der Waals surface area contributed by atoms with E-state index in [2.05, 4.69) is 45.5 Å². The largest absolute Gasteiger partial charge is 0.456 e. The van der Waals surface area contributed by atoms with Crippen molar-refractivity contribution in [2.75, 3.05) is 19.8 Å². The Labute approximate surface area is 276 Å². The Morgan fingerprint density at radius 1 is 1.09 bits per heavy atom. The normalized spacial score (nSPS) is 20.8. The van der Waals surface area contributed by atoms with Crippen molar-refractivity contribution < 1.29 is 28.5 Å². The van der Waals surface area contributed by atoms with Crippen LogP contribution in [-0.4, -0.2) is 79.6 Å². The molecule has 13 heteroatoms. The molecule has 3 aromatic rings. The zero-order valence-electron chi connectivity index (χ0n) is 27.2. The molecule has 3 heterocycles. The van der Waals surface area contributed by atoms with Gasteiger partial charge in [-0.25, -0.2) is 4.98 Å². The van der Waals surface area contributed by atoms with Crippen LogP contribution < -0.4 is 4.74 Å². The zero-order valence-corrected chi connectivity index (χ0v) is 31.5. The standard InChI is InChI=1S/C31H47BrClN3O6Si2/c1-30(2,3)44(38,31(4,5)6)42-26-23(17-37)40-18-24(26)41-29-34-22-16-21(27(33)39-14-15-43(7,8)9)25(35-28(22)36-29)19-10-12-20(32)13-11-19/h10-13,16,23-24,26-27,37-38H,14-15,17-18H2,1-9H3,(H,34,35,36)/t23-,24-,26-,27?/m1/s1. The van der Waals surface area contributed by atoms with Gasteiger partial charge in [-0.1, -0.05) is 101 Å². The van der Waals surface area contributed by atoms with Crippen molar-refractivity contribution >= 4 is 55.3 Å². The van der Waals surface area contributed by atoms with Gasteiger partial charge in [0, 0.05) is 40.4 Å². The Kier molecular flexibility index (Phi) is 10.8. The van der Waals surface area contributed by atoms with E-state index in [1.165, 1.54) is 0 Å². The number of hydrogen-bond donors (Lipinski definition) is 3. The molecule has 1 aliphatic rings. The van der Waals surface area contributed by atoms with Gasteiger partial charge >= 0.3 is 8.56 Å². The lowest BCUT2D eigenvalue weighted by Gasteiger charge is -2.47. The minimum atomic E-state index is -3.40. The predicted octanol–water partition coefficient (Wildman–Crippen LogP) is 7.54. The number of nitrogens with one attached hydrogen (secondary N) is 1. The summed E-state index contributed by atoms with van der Waals surface area (Å²) in [4.78, 5) is 24.7. The summed E-state index contributed by atoms with van der Waals surface area (Å²) in [7, 11) is -4.71. The van der Waals surface area contributed by atoms with Crippen LogP contribution in [0.2, 0.25) is 35.8 Å². The first-order valence-corrected chi connectivity index (χ1v) is 21.8. The highest BCUT2D eigenvalue weighted by Gasteiger charge is 2.59. The van der Waals surface area contributed by atoms with Crippen LogP contribution in [0.4, 0.5) is 0 Å². The van der Waals surface area contributed by atoms with E-state index in [0.717, 1.165) is 21.6 Å². The van der Waals surface area contributed by atoms with Crippen molar-refractivity contribution in [2.24, 2.45) is 0 Å². The lowest BCUT2D eigenvalue weighted by molar-refractivity contribution is -0.0140. The number of alkyl halides is 1. The summed E-state index contributed by atoms with van der Waals surface area (Å²) in [6.07, 6.45) is -1.96. The summed E-state index contributed by atoms with van der Waals surface area (Å²) in [6.45, 7) is 19.3. The van der Waals surface area contributed by atoms with E-state index in [0.29, 0.717) is 23.5 Å². The van der Waals surface area contributed by atoms with Crippen LogP contribution in [0, 0.1) is 0 Å². The molecule has 0 saturated carbocycles. The summed E-state index contributed by atoms with van der Waals surface area (Å²) in [5, 5.41) is 9.09. The summed E-state index contributed by atoms with van der Waals surface area (Å²) in [6, 6.07) is 11.0. The average molecular weight is 729 g/mol. The van der Waals surface area contributed by atoms with Crippen LogP contribution in [0.15, 0.2) is 34.8 Å². The van der Waals surface area contributed by atoms with Crippen LogP contribution in [0.5, 0.6) is 6.01 Å². The highest BCUT2D eigenvalue weighted by molar-refractivity contribution is 9.10. The fourth-order valence-corrected chi connectivity index (χ4v) is 10.3. The average Bonchev–Trinajstić information content (AvgIpc) is 3.48. The van der Waals surface area contributed by atoms with Crippen molar-refractivity contribution in [3.05, 3.63) is 40.4 Å². The number of benzene rings is 1. The van der Waals surface area contributed by atoms with Crippen molar-refractivity contribution in [3.8, 4) is 17.3 Å². The third-order valence-electron chi connectivity index (χ3n) is 7.95. The van der Waals surface area contributed by atoms with E-state index < -0.39 is 50.6 Å². The number of H-pyrrole nitrogens is 1. The van der Waals surface area contributed by atoms with E-state index in [4.69, 9.17) is 35.2 Å². The molecule has 9 nitrogen and oxygen atoms in total. The Morgan fingerprint density at radius 2 is 1.73 bits per heavy atom. The van der Waals surface area contributed by atoms with Gasteiger partial charge in [0.25, 0.3) is 6.01 Å². The van der Waals surface area contributed by atoms with Gasteiger partial charge < -0.3 is 33.5 Å². The first-order chi connectivity index (χ1) is 20.3. The molecule has 1 unspecified atom stereocenters. The minimum absolute atomic E-state index is 0.170. The summed E-state index contributed by atoms with van der Waals surface area (Å²) in [5.74, 6) is 0. The van der Waals surface area contributed by atoms with Crippen molar-refractivity contribution in [1.29, 1.82) is 0 Å². The summed E-state index contributed by atoms with van der Waals surface area (Å²) >= 11 is 10.4. The number of fused-ring (bicyclic) bond motifs is 1. The maximum Gasteiger partial charge on any atom is 0.347 e. The molecule has 1 aromatic carbocycles. The summed E-state index contributed by atoms with van der Waals surface area (Å²) in [5.41, 5.74) is 2.67. The second-order valence-corrected chi connectivity index (χ2v) is 26.2. The van der Waals surface area contributed by atoms with Gasteiger partial charge in [-0.05, 0) is 24.2 Å². The Hall–Kier alpha value is -1.36. The second-order valence-electron chi connectivity index (χ2n) is 14.8. The highest BCUT2D eigenvalue weighted by Crippen LogP contribution is 2.51. The Balaban J connectivity index is 1.67. The lowest BCUT2D eigenvalue weighted by Crippen LogP contribution is -2.59. The van der Waals surface area contributed by atoms with Gasteiger partial charge in [0.1, 0.15) is 12.2 Å². The van der Waals surface area contributed by atoms with Crippen LogP contribution in [-0.2, 0) is 13.9 Å². The fourth-order valence-electron chi connectivity index (χ4n) is 5.44. The molecule has 44 heavy (non-hydrogen) atoms. The molecule has 4 rings (SSSR count). The van der Waals surface area contributed by atoms with E-state index in [9.17, 15) is 9.90 Å². The highest BCUT2D eigenvalue weighted by atomic mass is 79.9. The van der Waals surface area contributed by atoms with Crippen LogP contribution in [0.1, 0.15) is 52.7 Å². The molecule has 2 aromatic heterocycles. The molecule has 1 aliphatic heterocycles. The third kappa shape index (κ3) is 7.95. The number of halogens is 2. The number of rotatable bonds is 11. The zero-order chi connectivity index (χ0) is 32.7. The number of ether oxygens (including phenoxy) is 3. The Morgan fingerprint density at radius 3 is 2.30 bits per heavy atom. The molecule has 1 saturated heterocycles. The molecular formula is C31H47BrClN3O6Si2. The lowest BCUT2D eigenvalue weighted by atomic mass is 10.1. The Bertz CT molecular complexity index is 1410.